The minimum atomic E-state index is -2.70. The van der Waals surface area contributed by atoms with Crippen molar-refractivity contribution in [3.63, 3.8) is 0 Å². The maximum atomic E-state index is 14.5. The van der Waals surface area contributed by atoms with Crippen molar-refractivity contribution in [2.24, 2.45) is 11.8 Å². The Morgan fingerprint density at radius 1 is 1.11 bits per heavy atom. The summed E-state index contributed by atoms with van der Waals surface area (Å²) in [5.74, 6) is -2.26. The molecule has 2 saturated carbocycles. The topological polar surface area (TPSA) is 45.7 Å². The molecule has 0 N–H and O–H groups in total. The number of likely N-dealkylation sites (tertiary alicyclic amines) is 1. The lowest BCUT2D eigenvalue weighted by atomic mass is 9.90. The van der Waals surface area contributed by atoms with Crippen molar-refractivity contribution in [1.82, 2.24) is 9.88 Å². The van der Waals surface area contributed by atoms with Gasteiger partial charge in [0.2, 0.25) is 5.88 Å². The number of ether oxygens (including phenoxy) is 1. The number of carbonyl (C=O) groups is 1. The summed E-state index contributed by atoms with van der Waals surface area (Å²) < 4.78 is 46.7. The molecule has 2 aliphatic heterocycles. The maximum absolute atomic E-state index is 14.5. The minimum absolute atomic E-state index is 0.0856. The first-order valence-corrected chi connectivity index (χ1v) is 9.58. The van der Waals surface area contributed by atoms with E-state index in [1.54, 1.807) is 6.07 Å². The third-order valence-electron chi connectivity index (χ3n) is 5.90. The number of halogens is 3. The average Bonchev–Trinajstić information content (AvgIpc) is 3.46. The van der Waals surface area contributed by atoms with E-state index < -0.39 is 11.6 Å². The summed E-state index contributed by atoms with van der Waals surface area (Å²) in [6.45, 7) is -0.0623. The number of amides is 1. The number of anilines is 1. The summed E-state index contributed by atoms with van der Waals surface area (Å²) >= 11 is 0. The Hall–Kier alpha value is -1.99. The molecule has 1 aromatic rings. The van der Waals surface area contributed by atoms with Crippen LogP contribution in [0.4, 0.5) is 18.9 Å². The van der Waals surface area contributed by atoms with Gasteiger partial charge in [0.15, 0.2) is 0 Å². The van der Waals surface area contributed by atoms with Crippen molar-refractivity contribution in [2.75, 3.05) is 37.7 Å². The number of rotatable bonds is 6. The molecule has 4 fully saturated rings. The number of alkyl halides is 3. The fourth-order valence-electron chi connectivity index (χ4n) is 3.82. The molecule has 0 spiro atoms. The van der Waals surface area contributed by atoms with Crippen molar-refractivity contribution >= 4 is 11.6 Å². The number of aromatic nitrogens is 1. The van der Waals surface area contributed by atoms with Gasteiger partial charge in [-0.3, -0.25) is 4.79 Å². The van der Waals surface area contributed by atoms with E-state index in [-0.39, 0.29) is 49.6 Å². The number of hydrogen-bond acceptors (Lipinski definition) is 4. The van der Waals surface area contributed by atoms with Crippen LogP contribution in [-0.4, -0.2) is 60.2 Å². The zero-order valence-corrected chi connectivity index (χ0v) is 15.0. The van der Waals surface area contributed by atoms with Gasteiger partial charge in [0.25, 0.3) is 11.8 Å². The zero-order chi connectivity index (χ0) is 18.8. The van der Waals surface area contributed by atoms with Crippen LogP contribution < -0.4 is 9.64 Å². The summed E-state index contributed by atoms with van der Waals surface area (Å²) in [7, 11) is 0. The molecule has 1 amide bonds. The molecule has 3 heterocycles. The quantitative estimate of drug-likeness (QED) is 0.760. The molecule has 1 aromatic heterocycles. The Morgan fingerprint density at radius 2 is 1.81 bits per heavy atom. The van der Waals surface area contributed by atoms with Gasteiger partial charge in [-0.1, -0.05) is 0 Å². The third-order valence-corrected chi connectivity index (χ3v) is 5.90. The Morgan fingerprint density at radius 3 is 2.41 bits per heavy atom. The van der Waals surface area contributed by atoms with Crippen LogP contribution in [0, 0.1) is 11.8 Å². The predicted molar refractivity (Wildman–Crippen MR) is 92.1 cm³/mol. The first-order chi connectivity index (χ1) is 12.8. The summed E-state index contributed by atoms with van der Waals surface area (Å²) in [6.07, 6.45) is 3.96. The van der Waals surface area contributed by atoms with Crippen LogP contribution in [0.15, 0.2) is 12.1 Å². The van der Waals surface area contributed by atoms with Crippen LogP contribution >= 0.6 is 0 Å². The predicted octanol–water partition coefficient (Wildman–Crippen LogP) is 2.90. The van der Waals surface area contributed by atoms with Gasteiger partial charge < -0.3 is 14.5 Å². The Kier molecular flexibility index (Phi) is 3.65. The van der Waals surface area contributed by atoms with Crippen LogP contribution in [0.1, 0.15) is 36.2 Å². The lowest BCUT2D eigenvalue weighted by Gasteiger charge is -2.44. The van der Waals surface area contributed by atoms with Crippen molar-refractivity contribution in [3.8, 4) is 5.88 Å². The van der Waals surface area contributed by atoms with Crippen molar-refractivity contribution in [3.05, 3.63) is 17.8 Å². The molecule has 27 heavy (non-hydrogen) atoms. The van der Waals surface area contributed by atoms with Crippen molar-refractivity contribution in [2.45, 2.75) is 37.3 Å². The van der Waals surface area contributed by atoms with E-state index >= 15 is 0 Å². The van der Waals surface area contributed by atoms with Crippen LogP contribution in [0.25, 0.3) is 0 Å². The normalized spacial score (nSPS) is 25.6. The number of hydrogen-bond donors (Lipinski definition) is 0. The van der Waals surface area contributed by atoms with E-state index in [1.807, 2.05) is 0 Å². The second-order valence-electron chi connectivity index (χ2n) is 8.46. The van der Waals surface area contributed by atoms with Crippen LogP contribution in [0.3, 0.4) is 0 Å². The van der Waals surface area contributed by atoms with E-state index in [1.165, 1.54) is 15.9 Å². The number of carbonyl (C=O) groups excluding carboxylic acids is 1. The van der Waals surface area contributed by atoms with Crippen LogP contribution in [-0.2, 0) is 0 Å². The molecular formula is C19H22F3N3O2. The minimum Gasteiger partial charge on any atom is -0.476 e. The summed E-state index contributed by atoms with van der Waals surface area (Å²) in [4.78, 5) is 19.9. The van der Waals surface area contributed by atoms with Crippen LogP contribution in [0.2, 0.25) is 0 Å². The molecule has 0 aromatic carbocycles. The molecule has 0 atom stereocenters. The van der Waals surface area contributed by atoms with Gasteiger partial charge in [-0.15, -0.1) is 0 Å². The second kappa shape index (κ2) is 5.75. The molecule has 2 saturated heterocycles. The van der Waals surface area contributed by atoms with Crippen molar-refractivity contribution < 1.29 is 22.7 Å². The summed E-state index contributed by atoms with van der Waals surface area (Å²) in [6, 6.07) is 3.13. The number of pyridine rings is 1. The van der Waals surface area contributed by atoms with Gasteiger partial charge in [0.1, 0.15) is 17.1 Å². The van der Waals surface area contributed by atoms with Crippen LogP contribution in [0.5, 0.6) is 5.88 Å². The highest BCUT2D eigenvalue weighted by Gasteiger charge is 2.55. The highest BCUT2D eigenvalue weighted by molar-refractivity contribution is 5.93. The summed E-state index contributed by atoms with van der Waals surface area (Å²) in [5.41, 5.74) is -0.585. The van der Waals surface area contributed by atoms with E-state index in [0.29, 0.717) is 18.2 Å². The van der Waals surface area contributed by atoms with Gasteiger partial charge in [0.05, 0.1) is 32.8 Å². The number of nitrogens with zero attached hydrogens (tertiary/aromatic N) is 3. The molecule has 0 unspecified atom stereocenters. The Bertz CT molecular complexity index is 765. The second-order valence-corrected chi connectivity index (χ2v) is 8.46. The zero-order valence-electron chi connectivity index (χ0n) is 15.0. The lowest BCUT2D eigenvalue weighted by Crippen LogP contribution is -2.62. The largest absolute Gasteiger partial charge is 0.476 e. The molecule has 0 radical (unpaired) electrons. The third kappa shape index (κ3) is 3.23. The molecule has 4 aliphatic rings. The first-order valence-electron chi connectivity index (χ1n) is 9.58. The monoisotopic (exact) mass is 381 g/mol. The molecule has 5 nitrogen and oxygen atoms in total. The fraction of sp³-hybridized carbons (Fsp3) is 0.684. The van der Waals surface area contributed by atoms with Crippen molar-refractivity contribution in [1.29, 1.82) is 0 Å². The molecule has 8 heteroatoms. The van der Waals surface area contributed by atoms with Gasteiger partial charge in [-0.05, 0) is 49.7 Å². The Labute approximate surface area is 155 Å². The van der Waals surface area contributed by atoms with E-state index in [0.717, 1.165) is 25.7 Å². The molecule has 0 bridgehead atoms. The first kappa shape index (κ1) is 17.1. The Balaban J connectivity index is 1.32. The van der Waals surface area contributed by atoms with E-state index in [4.69, 9.17) is 4.74 Å². The molecular weight excluding hydrogens is 359 g/mol. The van der Waals surface area contributed by atoms with Gasteiger partial charge in [-0.2, -0.15) is 0 Å². The smallest absolute Gasteiger partial charge is 0.282 e. The highest BCUT2D eigenvalue weighted by Crippen LogP contribution is 2.47. The van der Waals surface area contributed by atoms with Gasteiger partial charge >= 0.3 is 0 Å². The van der Waals surface area contributed by atoms with E-state index in [2.05, 4.69) is 4.98 Å². The summed E-state index contributed by atoms with van der Waals surface area (Å²) in [5, 5.41) is 0. The van der Waals surface area contributed by atoms with Gasteiger partial charge in [0, 0.05) is 0 Å². The molecule has 5 rings (SSSR count). The SMILES string of the molecule is O=C(c1ccc(N2CC(F)(F)C2)c(OCC2CC2)n1)N1CC(F)(C2CC2)C1. The van der Waals surface area contributed by atoms with E-state index in [9.17, 15) is 18.0 Å². The standard InChI is InChI=1S/C19H22F3N3O2/c20-18(13-3-4-13)8-25(9-18)17(26)14-5-6-15(24-10-19(21,22)11-24)16(23-14)27-7-12-1-2-12/h5-6,12-13H,1-4,7-11H2. The average molecular weight is 381 g/mol. The molecule has 146 valence electrons. The lowest BCUT2D eigenvalue weighted by molar-refractivity contribution is -0.0340. The highest BCUT2D eigenvalue weighted by atomic mass is 19.3. The fourth-order valence-corrected chi connectivity index (χ4v) is 3.82. The van der Waals surface area contributed by atoms with Gasteiger partial charge in [-0.25, -0.2) is 18.2 Å². The molecule has 2 aliphatic carbocycles. The maximum Gasteiger partial charge on any atom is 0.282 e.